The maximum Gasteiger partial charge on any atom is 0.327 e. The van der Waals surface area contributed by atoms with Crippen molar-refractivity contribution in [3.05, 3.63) is 12.7 Å². The molecule has 0 saturated heterocycles. The molecule has 0 spiro atoms. The van der Waals surface area contributed by atoms with Crippen LogP contribution in [0.3, 0.4) is 0 Å². The number of rotatable bonds is 2. The molecule has 0 bridgehead atoms. The fraction of sp³-hybridized carbons (Fsp3) is 0.400. The largest absolute Gasteiger partial charge is 0.748 e. The van der Waals surface area contributed by atoms with Crippen LogP contribution in [0.5, 0.6) is 0 Å². The van der Waals surface area contributed by atoms with Gasteiger partial charge in [-0.05, 0) is 0 Å². The Hall–Kier alpha value is -0.920. The van der Waals surface area contributed by atoms with Gasteiger partial charge in [-0.1, -0.05) is 13.5 Å². The van der Waals surface area contributed by atoms with Gasteiger partial charge in [-0.3, -0.25) is 0 Å². The first-order chi connectivity index (χ1) is 4.83. The molecule has 0 aliphatic heterocycles. The molecular weight excluding hydrogens is 186 g/mol. The molecular formula is C5H13NO5S. The summed E-state index contributed by atoms with van der Waals surface area (Å²) in [5.41, 5.74) is 0. The van der Waals surface area contributed by atoms with Crippen LogP contribution in [0, 0.1) is 0 Å². The Labute approximate surface area is 71.2 Å². The summed E-state index contributed by atoms with van der Waals surface area (Å²) in [6.45, 7) is 4.27. The first kappa shape index (κ1) is 17.2. The summed E-state index contributed by atoms with van der Waals surface area (Å²) in [6, 6.07) is 0. The van der Waals surface area contributed by atoms with Gasteiger partial charge in [0.1, 0.15) is 0 Å². The van der Waals surface area contributed by atoms with E-state index >= 15 is 0 Å². The smallest absolute Gasteiger partial charge is 0.327 e. The monoisotopic (exact) mass is 199 g/mol. The molecule has 7 heteroatoms. The fourth-order valence-electron chi connectivity index (χ4n) is 0. The van der Waals surface area contributed by atoms with E-state index < -0.39 is 16.1 Å². The molecule has 0 rings (SSSR count). The Bertz CT molecular complexity index is 220. The van der Waals surface area contributed by atoms with Gasteiger partial charge in [-0.25, -0.2) is 13.2 Å². The van der Waals surface area contributed by atoms with E-state index in [0.717, 1.165) is 6.08 Å². The van der Waals surface area contributed by atoms with Crippen LogP contribution in [0.1, 0.15) is 6.92 Å². The number of carboxylic acid groups (broad SMARTS) is 1. The summed E-state index contributed by atoms with van der Waals surface area (Å²) in [7, 11) is -3.91. The van der Waals surface area contributed by atoms with Gasteiger partial charge in [0.25, 0.3) is 0 Å². The molecule has 74 valence electrons. The third-order valence-corrected chi connectivity index (χ3v) is 1.24. The molecule has 0 fully saturated rings. The van der Waals surface area contributed by atoms with Crippen molar-refractivity contribution in [3.8, 4) is 0 Å². The van der Waals surface area contributed by atoms with Crippen LogP contribution in [0.15, 0.2) is 12.7 Å². The van der Waals surface area contributed by atoms with Gasteiger partial charge in [-0.2, -0.15) is 0 Å². The predicted molar refractivity (Wildman–Crippen MR) is 44.1 cm³/mol. The molecule has 0 aliphatic rings. The average Bonchev–Trinajstić information content (AvgIpc) is 1.88. The minimum atomic E-state index is -3.91. The van der Waals surface area contributed by atoms with Gasteiger partial charge in [0.05, 0.1) is 10.1 Å². The lowest BCUT2D eigenvalue weighted by Gasteiger charge is -1.97. The molecule has 5 N–H and O–H groups in total. The quantitative estimate of drug-likeness (QED) is 0.483. The molecule has 6 nitrogen and oxygen atoms in total. The average molecular weight is 199 g/mol. The molecule has 0 heterocycles. The van der Waals surface area contributed by atoms with Gasteiger partial charge in [-0.15, -0.1) is 0 Å². The predicted octanol–water partition coefficient (Wildman–Crippen LogP) is 0.185. The van der Waals surface area contributed by atoms with Crippen molar-refractivity contribution in [1.29, 1.82) is 0 Å². The van der Waals surface area contributed by atoms with E-state index in [4.69, 9.17) is 5.11 Å². The summed E-state index contributed by atoms with van der Waals surface area (Å²) in [5, 5.41) is 7.60. The topological polar surface area (TPSA) is 131 Å². The van der Waals surface area contributed by atoms with Crippen molar-refractivity contribution in [1.82, 2.24) is 6.15 Å². The van der Waals surface area contributed by atoms with Crippen LogP contribution in [-0.2, 0) is 14.9 Å². The zero-order chi connectivity index (χ0) is 9.49. The van der Waals surface area contributed by atoms with Crippen molar-refractivity contribution in [2.24, 2.45) is 0 Å². The Morgan fingerprint density at radius 2 is 1.83 bits per heavy atom. The zero-order valence-corrected chi connectivity index (χ0v) is 7.80. The minimum Gasteiger partial charge on any atom is -0.748 e. The molecule has 0 amide bonds. The lowest BCUT2D eigenvalue weighted by Crippen LogP contribution is -1.98. The lowest BCUT2D eigenvalue weighted by atomic mass is 10.7. The summed E-state index contributed by atoms with van der Waals surface area (Å²) in [4.78, 5) is 9.25. The number of hydrogen-bond acceptors (Lipinski definition) is 4. The van der Waals surface area contributed by atoms with Gasteiger partial charge in [0.15, 0.2) is 0 Å². The third kappa shape index (κ3) is 35.6. The molecule has 0 saturated carbocycles. The molecule has 0 aliphatic carbocycles. The highest BCUT2D eigenvalue weighted by Gasteiger charge is 1.80. The fourth-order valence-corrected chi connectivity index (χ4v) is 0. The molecule has 0 atom stereocenters. The minimum absolute atomic E-state index is 0. The Morgan fingerprint density at radius 1 is 1.67 bits per heavy atom. The van der Waals surface area contributed by atoms with Crippen LogP contribution in [0.4, 0.5) is 0 Å². The van der Waals surface area contributed by atoms with Crippen LogP contribution in [-0.4, -0.2) is 29.8 Å². The molecule has 0 aromatic carbocycles. The first-order valence-corrected chi connectivity index (χ1v) is 4.20. The van der Waals surface area contributed by atoms with E-state index in [1.807, 2.05) is 0 Å². The number of hydrogen-bond donors (Lipinski definition) is 2. The zero-order valence-electron chi connectivity index (χ0n) is 6.98. The number of carboxylic acids is 1. The van der Waals surface area contributed by atoms with Gasteiger partial charge in [0, 0.05) is 11.8 Å². The summed E-state index contributed by atoms with van der Waals surface area (Å²) in [5.74, 6) is -1.29. The second-order valence-corrected chi connectivity index (χ2v) is 3.08. The van der Waals surface area contributed by atoms with E-state index in [1.165, 1.54) is 6.92 Å². The van der Waals surface area contributed by atoms with E-state index in [1.54, 1.807) is 0 Å². The number of carbonyl (C=O) groups is 1. The SMILES string of the molecule is C=CC(=O)O.CCS(=O)(=O)[O-].[NH4+]. The van der Waals surface area contributed by atoms with Crippen LogP contribution >= 0.6 is 0 Å². The highest BCUT2D eigenvalue weighted by molar-refractivity contribution is 7.85. The van der Waals surface area contributed by atoms with Crippen molar-refractivity contribution in [2.75, 3.05) is 5.75 Å². The van der Waals surface area contributed by atoms with E-state index in [-0.39, 0.29) is 11.9 Å². The molecule has 0 aromatic heterocycles. The van der Waals surface area contributed by atoms with Crippen molar-refractivity contribution >= 4 is 16.1 Å². The maximum atomic E-state index is 9.44. The molecule has 0 radical (unpaired) electrons. The standard InChI is InChI=1S/C3H4O2.C2H6O3S.H3N/c1-2-3(4)5;1-2-6(3,4)5;/h2H,1H2,(H,4,5);2H2,1H3,(H,3,4,5);1H3. The molecule has 0 aromatic rings. The maximum absolute atomic E-state index is 9.44. The number of aliphatic carboxylic acids is 1. The van der Waals surface area contributed by atoms with Crippen LogP contribution in [0.2, 0.25) is 0 Å². The summed E-state index contributed by atoms with van der Waals surface area (Å²) >= 11 is 0. The Balaban J connectivity index is -0.000000126. The third-order valence-electron chi connectivity index (χ3n) is 0.528. The van der Waals surface area contributed by atoms with Crippen molar-refractivity contribution in [2.45, 2.75) is 6.92 Å². The van der Waals surface area contributed by atoms with Gasteiger partial charge < -0.3 is 15.8 Å². The molecule has 0 unspecified atom stereocenters. The van der Waals surface area contributed by atoms with E-state index in [9.17, 15) is 17.8 Å². The first-order valence-electron chi connectivity index (χ1n) is 2.62. The second-order valence-electron chi connectivity index (χ2n) is 1.39. The van der Waals surface area contributed by atoms with Crippen LogP contribution in [0.25, 0.3) is 0 Å². The van der Waals surface area contributed by atoms with Crippen molar-refractivity contribution in [3.63, 3.8) is 0 Å². The normalized spacial score (nSPS) is 8.50. The van der Waals surface area contributed by atoms with Crippen LogP contribution < -0.4 is 6.15 Å². The van der Waals surface area contributed by atoms with Gasteiger partial charge in [0.2, 0.25) is 0 Å². The second kappa shape index (κ2) is 8.18. The number of quaternary nitrogens is 1. The molecule has 12 heavy (non-hydrogen) atoms. The van der Waals surface area contributed by atoms with Gasteiger partial charge >= 0.3 is 5.97 Å². The Morgan fingerprint density at radius 3 is 1.83 bits per heavy atom. The highest BCUT2D eigenvalue weighted by Crippen LogP contribution is 1.73. The van der Waals surface area contributed by atoms with E-state index in [0.29, 0.717) is 0 Å². The lowest BCUT2D eigenvalue weighted by molar-refractivity contribution is -0.131. The highest BCUT2D eigenvalue weighted by atomic mass is 32.2. The van der Waals surface area contributed by atoms with E-state index in [2.05, 4.69) is 6.58 Å². The summed E-state index contributed by atoms with van der Waals surface area (Å²) in [6.07, 6.45) is 0.833. The van der Waals surface area contributed by atoms with Crippen molar-refractivity contribution < 1.29 is 22.9 Å². The Kier molecular flexibility index (Phi) is 11.8. The summed E-state index contributed by atoms with van der Waals surface area (Å²) < 4.78 is 28.3.